The Morgan fingerprint density at radius 2 is 1.68 bits per heavy atom. The molecule has 0 radical (unpaired) electrons. The van der Waals surface area contributed by atoms with Gasteiger partial charge in [-0.05, 0) is 37.6 Å². The number of pyridine rings is 1. The fraction of sp³-hybridized carbons (Fsp3) is 0.375. The molecule has 2 aromatic heterocycles. The summed E-state index contributed by atoms with van der Waals surface area (Å²) in [6.45, 7) is 5.82. The van der Waals surface area contributed by atoms with E-state index in [9.17, 15) is 9.59 Å². The van der Waals surface area contributed by atoms with Gasteiger partial charge in [-0.25, -0.2) is 4.98 Å². The van der Waals surface area contributed by atoms with Crippen molar-refractivity contribution < 1.29 is 28.5 Å². The molecule has 180 valence electrons. The largest absolute Gasteiger partial charge is 0.493 e. The highest BCUT2D eigenvalue weighted by Gasteiger charge is 2.28. The zero-order valence-electron chi connectivity index (χ0n) is 19.8. The van der Waals surface area contributed by atoms with E-state index in [0.29, 0.717) is 64.5 Å². The van der Waals surface area contributed by atoms with Crippen LogP contribution in [0.1, 0.15) is 31.3 Å². The highest BCUT2D eigenvalue weighted by molar-refractivity contribution is 7.21. The van der Waals surface area contributed by atoms with Crippen molar-refractivity contribution in [2.45, 2.75) is 13.8 Å². The quantitative estimate of drug-likeness (QED) is 0.569. The number of amides is 2. The number of thiophene rings is 1. The van der Waals surface area contributed by atoms with E-state index in [2.05, 4.69) is 10.3 Å². The van der Waals surface area contributed by atoms with E-state index < -0.39 is 5.91 Å². The smallest absolute Gasteiger partial charge is 0.266 e. The van der Waals surface area contributed by atoms with Gasteiger partial charge in [0.2, 0.25) is 5.75 Å². The maximum Gasteiger partial charge on any atom is 0.266 e. The summed E-state index contributed by atoms with van der Waals surface area (Å²) in [5, 5.41) is 3.73. The van der Waals surface area contributed by atoms with Gasteiger partial charge in [0, 0.05) is 29.7 Å². The van der Waals surface area contributed by atoms with Gasteiger partial charge >= 0.3 is 0 Å². The summed E-state index contributed by atoms with van der Waals surface area (Å²) in [5.41, 5.74) is 2.54. The summed E-state index contributed by atoms with van der Waals surface area (Å²) in [6.07, 6.45) is 0. The topological polar surface area (TPSA) is 99.2 Å². The van der Waals surface area contributed by atoms with Crippen LogP contribution in [0.3, 0.4) is 0 Å². The van der Waals surface area contributed by atoms with Crippen molar-refractivity contribution in [2.75, 3.05) is 52.9 Å². The number of methoxy groups -OCH3 is 3. The van der Waals surface area contributed by atoms with Crippen LogP contribution in [0.2, 0.25) is 0 Å². The predicted molar refractivity (Wildman–Crippen MR) is 130 cm³/mol. The van der Waals surface area contributed by atoms with Crippen LogP contribution in [-0.4, -0.2) is 69.3 Å². The number of morpholine rings is 1. The Balaban J connectivity index is 1.79. The Morgan fingerprint density at radius 3 is 2.26 bits per heavy atom. The lowest BCUT2D eigenvalue weighted by atomic mass is 10.1. The van der Waals surface area contributed by atoms with Crippen molar-refractivity contribution in [1.29, 1.82) is 0 Å². The van der Waals surface area contributed by atoms with Crippen molar-refractivity contribution in [3.8, 4) is 17.2 Å². The molecule has 0 spiro atoms. The van der Waals surface area contributed by atoms with E-state index in [1.165, 1.54) is 32.7 Å². The van der Waals surface area contributed by atoms with Gasteiger partial charge in [-0.2, -0.15) is 0 Å². The number of carbonyl (C=O) groups is 2. The molecule has 0 unspecified atom stereocenters. The van der Waals surface area contributed by atoms with Crippen LogP contribution in [0.25, 0.3) is 10.2 Å². The predicted octanol–water partition coefficient (Wildman–Crippen LogP) is 3.66. The first-order valence-electron chi connectivity index (χ1n) is 10.8. The van der Waals surface area contributed by atoms with Gasteiger partial charge in [-0.15, -0.1) is 11.3 Å². The molecule has 9 nitrogen and oxygen atoms in total. The van der Waals surface area contributed by atoms with Gasteiger partial charge in [-0.3, -0.25) is 9.59 Å². The number of anilines is 1. The summed E-state index contributed by atoms with van der Waals surface area (Å²) in [6, 6.07) is 5.08. The van der Waals surface area contributed by atoms with Crippen LogP contribution in [0.15, 0.2) is 18.2 Å². The van der Waals surface area contributed by atoms with Crippen molar-refractivity contribution in [3.63, 3.8) is 0 Å². The average molecular weight is 486 g/mol. The van der Waals surface area contributed by atoms with E-state index >= 15 is 0 Å². The fourth-order valence-corrected chi connectivity index (χ4v) is 5.24. The summed E-state index contributed by atoms with van der Waals surface area (Å²) < 4.78 is 21.5. The third-order valence-electron chi connectivity index (χ3n) is 5.65. The van der Waals surface area contributed by atoms with E-state index in [1.54, 1.807) is 17.0 Å². The standard InChI is InChI=1S/C24H27N3O6S/c1-13-10-14(2)25-23-18(13)19(21(34-23)24(29)27-6-8-33-9-7-27)26-22(28)15-11-16(30-3)20(32-5)17(12-15)31-4/h10-12H,6-9H2,1-5H3,(H,26,28). The van der Waals surface area contributed by atoms with Gasteiger partial charge in [0.05, 0.1) is 40.2 Å². The Kier molecular flexibility index (Phi) is 6.90. The van der Waals surface area contributed by atoms with Crippen molar-refractivity contribution in [1.82, 2.24) is 9.88 Å². The maximum absolute atomic E-state index is 13.4. The molecular formula is C24H27N3O6S. The molecule has 1 aromatic carbocycles. The minimum absolute atomic E-state index is 0.149. The van der Waals surface area contributed by atoms with Crippen LogP contribution in [-0.2, 0) is 4.74 Å². The van der Waals surface area contributed by atoms with Gasteiger partial charge in [0.1, 0.15) is 9.71 Å². The molecule has 0 saturated carbocycles. The number of ether oxygens (including phenoxy) is 4. The Labute approximate surface area is 201 Å². The number of aryl methyl sites for hydroxylation is 2. The maximum atomic E-state index is 13.4. The summed E-state index contributed by atoms with van der Waals surface area (Å²) >= 11 is 1.29. The minimum Gasteiger partial charge on any atom is -0.493 e. The van der Waals surface area contributed by atoms with Crippen LogP contribution in [0.4, 0.5) is 5.69 Å². The number of hydrogen-bond acceptors (Lipinski definition) is 8. The zero-order chi connectivity index (χ0) is 24.4. The molecule has 3 aromatic rings. The number of rotatable bonds is 6. The van der Waals surface area contributed by atoms with E-state index in [1.807, 2.05) is 19.9 Å². The number of nitrogens with zero attached hydrogens (tertiary/aromatic N) is 2. The molecule has 10 heteroatoms. The lowest BCUT2D eigenvalue weighted by Gasteiger charge is -2.26. The van der Waals surface area contributed by atoms with E-state index in [-0.39, 0.29) is 5.91 Å². The molecule has 1 aliphatic rings. The van der Waals surface area contributed by atoms with E-state index in [0.717, 1.165) is 16.6 Å². The van der Waals surface area contributed by atoms with Gasteiger partial charge in [0.25, 0.3) is 11.8 Å². The lowest BCUT2D eigenvalue weighted by molar-refractivity contribution is 0.0307. The summed E-state index contributed by atoms with van der Waals surface area (Å²) in [4.78, 5) is 34.3. The summed E-state index contributed by atoms with van der Waals surface area (Å²) in [5.74, 6) is 0.556. The second kappa shape index (κ2) is 9.86. The van der Waals surface area contributed by atoms with Crippen molar-refractivity contribution in [3.05, 3.63) is 39.9 Å². The molecule has 0 aliphatic carbocycles. The first-order chi connectivity index (χ1) is 16.4. The van der Waals surface area contributed by atoms with Gasteiger partial charge in [-0.1, -0.05) is 0 Å². The SMILES string of the molecule is COc1cc(C(=O)Nc2c(C(=O)N3CCOCC3)sc3nc(C)cc(C)c23)cc(OC)c1OC. The van der Waals surface area contributed by atoms with Crippen molar-refractivity contribution in [2.24, 2.45) is 0 Å². The molecule has 0 atom stereocenters. The number of hydrogen-bond donors (Lipinski definition) is 1. The molecule has 1 N–H and O–H groups in total. The lowest BCUT2D eigenvalue weighted by Crippen LogP contribution is -2.40. The average Bonchev–Trinajstić information content (AvgIpc) is 3.20. The minimum atomic E-state index is -0.407. The second-order valence-corrected chi connectivity index (χ2v) is 8.84. The Hall–Kier alpha value is -3.37. The first kappa shape index (κ1) is 23.8. The monoisotopic (exact) mass is 485 g/mol. The molecule has 0 bridgehead atoms. The number of aromatic nitrogens is 1. The normalized spacial score (nSPS) is 13.6. The number of carbonyl (C=O) groups excluding carboxylic acids is 2. The molecular weight excluding hydrogens is 458 g/mol. The molecule has 4 rings (SSSR count). The molecule has 1 aliphatic heterocycles. The first-order valence-corrected chi connectivity index (χ1v) is 11.6. The Bertz CT molecular complexity index is 1220. The molecule has 3 heterocycles. The van der Waals surface area contributed by atoms with Crippen LogP contribution >= 0.6 is 11.3 Å². The number of fused-ring (bicyclic) bond motifs is 1. The van der Waals surface area contributed by atoms with Crippen LogP contribution < -0.4 is 19.5 Å². The van der Waals surface area contributed by atoms with Crippen LogP contribution in [0, 0.1) is 13.8 Å². The van der Waals surface area contributed by atoms with Gasteiger partial charge < -0.3 is 29.2 Å². The molecule has 1 fully saturated rings. The van der Waals surface area contributed by atoms with E-state index in [4.69, 9.17) is 18.9 Å². The second-order valence-electron chi connectivity index (χ2n) is 7.84. The molecule has 2 amide bonds. The zero-order valence-corrected chi connectivity index (χ0v) is 20.6. The fourth-order valence-electron chi connectivity index (χ4n) is 4.02. The highest BCUT2D eigenvalue weighted by Crippen LogP contribution is 2.40. The number of benzene rings is 1. The van der Waals surface area contributed by atoms with Crippen molar-refractivity contribution >= 4 is 39.1 Å². The van der Waals surface area contributed by atoms with Gasteiger partial charge in [0.15, 0.2) is 11.5 Å². The number of nitrogens with one attached hydrogen (secondary N) is 1. The van der Waals surface area contributed by atoms with Crippen LogP contribution in [0.5, 0.6) is 17.2 Å². The Morgan fingerprint density at radius 1 is 1.03 bits per heavy atom. The molecule has 1 saturated heterocycles. The third-order valence-corrected chi connectivity index (χ3v) is 6.72. The summed E-state index contributed by atoms with van der Waals surface area (Å²) in [7, 11) is 4.47. The highest BCUT2D eigenvalue weighted by atomic mass is 32.1. The third kappa shape index (κ3) is 4.38. The molecule has 34 heavy (non-hydrogen) atoms.